The molecular weight excluding hydrogens is 364 g/mol. The van der Waals surface area contributed by atoms with Gasteiger partial charge in [-0.05, 0) is 56.2 Å². The van der Waals surface area contributed by atoms with Gasteiger partial charge in [0.2, 0.25) is 0 Å². The van der Waals surface area contributed by atoms with E-state index in [9.17, 15) is 4.79 Å². The van der Waals surface area contributed by atoms with Crippen LogP contribution in [0.4, 0.5) is 0 Å². The van der Waals surface area contributed by atoms with E-state index in [1.165, 1.54) is 0 Å². The molecule has 0 atom stereocenters. The van der Waals surface area contributed by atoms with Crippen molar-refractivity contribution in [3.8, 4) is 5.75 Å². The lowest BCUT2D eigenvalue weighted by Gasteiger charge is -2.35. The van der Waals surface area contributed by atoms with Gasteiger partial charge in [-0.3, -0.25) is 14.6 Å². The van der Waals surface area contributed by atoms with Crippen LogP contribution in [-0.4, -0.2) is 60.1 Å². The summed E-state index contributed by atoms with van der Waals surface area (Å²) in [6.07, 6.45) is 6.38. The predicted molar refractivity (Wildman–Crippen MR) is 116 cm³/mol. The number of carbonyl (C=O) groups is 1. The molecule has 2 aromatic rings. The average molecular weight is 395 g/mol. The van der Waals surface area contributed by atoms with Gasteiger partial charge in [-0.25, -0.2) is 0 Å². The molecule has 5 heteroatoms. The molecule has 0 saturated carbocycles. The number of aliphatic carboxylic acids is 1. The summed E-state index contributed by atoms with van der Waals surface area (Å²) in [4.78, 5) is 15.2. The minimum absolute atomic E-state index is 0.121. The zero-order valence-corrected chi connectivity index (χ0v) is 17.0. The first-order chi connectivity index (χ1) is 14.1. The monoisotopic (exact) mass is 394 g/mol. The number of hydrogen-bond acceptors (Lipinski definition) is 4. The molecule has 1 N–H and O–H groups in total. The van der Waals surface area contributed by atoms with E-state index in [-0.39, 0.29) is 6.54 Å². The minimum atomic E-state index is -0.755. The lowest BCUT2D eigenvalue weighted by molar-refractivity contribution is -0.138. The Balaban J connectivity index is 1.39. The summed E-state index contributed by atoms with van der Waals surface area (Å²) in [5.41, 5.74) is 2.32. The summed E-state index contributed by atoms with van der Waals surface area (Å²) >= 11 is 0. The van der Waals surface area contributed by atoms with Gasteiger partial charge in [-0.15, -0.1) is 0 Å². The molecule has 0 radical (unpaired) electrons. The number of likely N-dealkylation sites (tertiary alicyclic amines) is 1. The molecule has 0 bridgehead atoms. The Morgan fingerprint density at radius 1 is 1.14 bits per heavy atom. The first-order valence-corrected chi connectivity index (χ1v) is 10.2. The number of likely N-dealkylation sites (N-methyl/N-ethyl adjacent to an activating group) is 1. The molecule has 1 heterocycles. The molecule has 1 saturated heterocycles. The van der Waals surface area contributed by atoms with Crippen molar-refractivity contribution >= 4 is 12.0 Å². The lowest BCUT2D eigenvalue weighted by Crippen LogP contribution is -2.44. The van der Waals surface area contributed by atoms with Gasteiger partial charge in [0.1, 0.15) is 12.4 Å². The minimum Gasteiger partial charge on any atom is -0.489 e. The zero-order chi connectivity index (χ0) is 20.5. The Bertz CT molecular complexity index is 782. The highest BCUT2D eigenvalue weighted by atomic mass is 16.5. The molecule has 5 nitrogen and oxygen atoms in total. The fourth-order valence-electron chi connectivity index (χ4n) is 3.64. The molecule has 1 aliphatic rings. The van der Waals surface area contributed by atoms with Gasteiger partial charge in [0.25, 0.3) is 0 Å². The van der Waals surface area contributed by atoms with Gasteiger partial charge in [0.15, 0.2) is 0 Å². The molecule has 29 heavy (non-hydrogen) atoms. The van der Waals surface area contributed by atoms with Crippen molar-refractivity contribution in [3.05, 3.63) is 71.8 Å². The molecule has 0 unspecified atom stereocenters. The Morgan fingerprint density at radius 3 is 2.48 bits per heavy atom. The van der Waals surface area contributed by atoms with Crippen molar-refractivity contribution in [3.63, 3.8) is 0 Å². The van der Waals surface area contributed by atoms with Crippen LogP contribution in [0.25, 0.3) is 6.08 Å². The topological polar surface area (TPSA) is 53.0 Å². The first-order valence-electron chi connectivity index (χ1n) is 10.2. The largest absolute Gasteiger partial charge is 0.489 e. The molecule has 2 aromatic carbocycles. The van der Waals surface area contributed by atoms with Gasteiger partial charge in [0.05, 0.1) is 6.54 Å². The van der Waals surface area contributed by atoms with Crippen molar-refractivity contribution in [2.75, 3.05) is 33.2 Å². The highest BCUT2D eigenvalue weighted by Gasteiger charge is 2.22. The van der Waals surface area contributed by atoms with E-state index in [4.69, 9.17) is 9.84 Å². The van der Waals surface area contributed by atoms with E-state index in [0.717, 1.165) is 49.4 Å². The van der Waals surface area contributed by atoms with E-state index in [2.05, 4.69) is 41.3 Å². The highest BCUT2D eigenvalue weighted by Crippen LogP contribution is 2.17. The van der Waals surface area contributed by atoms with Crippen LogP contribution < -0.4 is 4.74 Å². The van der Waals surface area contributed by atoms with Crippen molar-refractivity contribution in [1.82, 2.24) is 9.80 Å². The second-order valence-electron chi connectivity index (χ2n) is 7.59. The molecule has 1 fully saturated rings. The fraction of sp³-hybridized carbons (Fsp3) is 0.375. The molecule has 1 aliphatic heterocycles. The van der Waals surface area contributed by atoms with Crippen LogP contribution in [0.3, 0.4) is 0 Å². The average Bonchev–Trinajstić information content (AvgIpc) is 2.74. The molecule has 0 spiro atoms. The number of benzene rings is 2. The smallest absolute Gasteiger partial charge is 0.317 e. The van der Waals surface area contributed by atoms with Gasteiger partial charge in [0, 0.05) is 12.6 Å². The summed E-state index contributed by atoms with van der Waals surface area (Å²) in [5.74, 6) is 0.118. The van der Waals surface area contributed by atoms with E-state index in [1.807, 2.05) is 42.3 Å². The van der Waals surface area contributed by atoms with Crippen molar-refractivity contribution in [2.45, 2.75) is 25.5 Å². The van der Waals surface area contributed by atoms with Crippen LogP contribution in [0, 0.1) is 0 Å². The van der Waals surface area contributed by atoms with E-state index in [1.54, 1.807) is 0 Å². The normalized spacial score (nSPS) is 15.8. The van der Waals surface area contributed by atoms with Crippen LogP contribution in [0.15, 0.2) is 60.7 Å². The Morgan fingerprint density at radius 2 is 1.83 bits per heavy atom. The quantitative estimate of drug-likeness (QED) is 0.702. The van der Waals surface area contributed by atoms with Crippen LogP contribution in [0.2, 0.25) is 0 Å². The van der Waals surface area contributed by atoms with E-state index in [0.29, 0.717) is 12.6 Å². The van der Waals surface area contributed by atoms with Gasteiger partial charge in [-0.1, -0.05) is 54.6 Å². The second kappa shape index (κ2) is 10.8. The SMILES string of the molecule is CN(CC(=O)O)C1CCN(C/C=C/c2ccc(OCc3ccccc3)cc2)CC1. The zero-order valence-electron chi connectivity index (χ0n) is 17.0. The third kappa shape index (κ3) is 7.04. The summed E-state index contributed by atoms with van der Waals surface area (Å²) in [6.45, 7) is 3.63. The number of rotatable bonds is 9. The lowest BCUT2D eigenvalue weighted by atomic mass is 10.0. The second-order valence-corrected chi connectivity index (χ2v) is 7.59. The van der Waals surface area contributed by atoms with Crippen LogP contribution >= 0.6 is 0 Å². The maximum Gasteiger partial charge on any atom is 0.317 e. The molecule has 0 amide bonds. The van der Waals surface area contributed by atoms with E-state index >= 15 is 0 Å². The highest BCUT2D eigenvalue weighted by molar-refractivity contribution is 5.69. The molecule has 0 aliphatic carbocycles. The molecule has 0 aromatic heterocycles. The number of hydrogen-bond donors (Lipinski definition) is 1. The van der Waals surface area contributed by atoms with Gasteiger partial charge < -0.3 is 9.84 Å². The summed E-state index contributed by atoms with van der Waals surface area (Å²) < 4.78 is 5.83. The summed E-state index contributed by atoms with van der Waals surface area (Å²) in [7, 11) is 1.90. The maximum absolute atomic E-state index is 10.8. The molecule has 154 valence electrons. The Hall–Kier alpha value is -2.63. The van der Waals surface area contributed by atoms with Crippen molar-refractivity contribution in [2.24, 2.45) is 0 Å². The number of nitrogens with zero attached hydrogens (tertiary/aromatic N) is 2. The van der Waals surface area contributed by atoms with Crippen LogP contribution in [0.1, 0.15) is 24.0 Å². The number of carboxylic acids is 1. The number of piperidine rings is 1. The van der Waals surface area contributed by atoms with Crippen molar-refractivity contribution in [1.29, 1.82) is 0 Å². The van der Waals surface area contributed by atoms with Gasteiger partial charge >= 0.3 is 5.97 Å². The third-order valence-electron chi connectivity index (χ3n) is 5.37. The number of carboxylic acid groups (broad SMARTS) is 1. The standard InChI is InChI=1S/C24H30N2O3/c1-25(18-24(27)28)22-13-16-26(17-14-22)15-5-8-20-9-11-23(12-10-20)29-19-21-6-3-2-4-7-21/h2-12,22H,13-19H2,1H3,(H,27,28)/b8-5+. The molecular formula is C24H30N2O3. The fourth-order valence-corrected chi connectivity index (χ4v) is 3.64. The van der Waals surface area contributed by atoms with E-state index < -0.39 is 5.97 Å². The number of ether oxygens (including phenoxy) is 1. The maximum atomic E-state index is 10.8. The van der Waals surface area contributed by atoms with Crippen molar-refractivity contribution < 1.29 is 14.6 Å². The van der Waals surface area contributed by atoms with Gasteiger partial charge in [-0.2, -0.15) is 0 Å². The Kier molecular flexibility index (Phi) is 7.85. The van der Waals surface area contributed by atoms with Crippen LogP contribution in [0.5, 0.6) is 5.75 Å². The first kappa shape index (κ1) is 21.1. The Labute approximate surface area is 173 Å². The molecule has 3 rings (SSSR count). The van der Waals surface area contributed by atoms with Crippen LogP contribution in [-0.2, 0) is 11.4 Å². The third-order valence-corrected chi connectivity index (χ3v) is 5.37. The summed E-state index contributed by atoms with van der Waals surface area (Å²) in [5, 5.41) is 8.92. The summed E-state index contributed by atoms with van der Waals surface area (Å²) in [6, 6.07) is 18.7. The predicted octanol–water partition coefficient (Wildman–Crippen LogP) is 3.76.